The van der Waals surface area contributed by atoms with Gasteiger partial charge in [0.1, 0.15) is 0 Å². The van der Waals surface area contributed by atoms with Crippen LogP contribution in [0.5, 0.6) is 5.75 Å². The molecule has 0 atom stereocenters. The zero-order valence-electron chi connectivity index (χ0n) is 9.31. The van der Waals surface area contributed by atoms with Crippen molar-refractivity contribution in [1.29, 1.82) is 0 Å². The van der Waals surface area contributed by atoms with Gasteiger partial charge in [0.25, 0.3) is 11.6 Å². The fourth-order valence-electron chi connectivity index (χ4n) is 1.33. The lowest BCUT2D eigenvalue weighted by Crippen LogP contribution is -2.22. The molecule has 0 bridgehead atoms. The Hall–Kier alpha value is -2.00. The molecule has 19 heavy (non-hydrogen) atoms. The van der Waals surface area contributed by atoms with E-state index in [-0.39, 0.29) is 22.9 Å². The number of thiocarbonyl (C=S) groups is 1. The number of rotatable bonds is 3. The largest absolute Gasteiger partial charge is 0.872 e. The average Bonchev–Trinajstić information content (AvgIpc) is 2.68. The van der Waals surface area contributed by atoms with Crippen LogP contribution in [0.2, 0.25) is 0 Å². The second-order valence-corrected chi connectivity index (χ2v) is 5.09. The van der Waals surface area contributed by atoms with E-state index in [1.807, 2.05) is 0 Å². The number of benzene rings is 1. The highest BCUT2D eigenvalue weighted by Crippen LogP contribution is 2.22. The zero-order valence-corrected chi connectivity index (χ0v) is 10.9. The fourth-order valence-corrected chi connectivity index (χ4v) is 2.30. The van der Waals surface area contributed by atoms with Gasteiger partial charge in [-0.1, -0.05) is 35.8 Å². The van der Waals surface area contributed by atoms with E-state index in [0.717, 1.165) is 29.4 Å². The maximum atomic E-state index is 11.5. The molecule has 1 amide bonds. The third-order valence-electron chi connectivity index (χ3n) is 2.24. The van der Waals surface area contributed by atoms with Crippen molar-refractivity contribution in [3.05, 3.63) is 33.9 Å². The molecule has 0 aromatic heterocycles. The molecule has 2 rings (SSSR count). The molecule has 1 fully saturated rings. The molecular formula is C10H6N3O4S2-. The predicted molar refractivity (Wildman–Crippen MR) is 72.0 cm³/mol. The van der Waals surface area contributed by atoms with Crippen molar-refractivity contribution in [3.8, 4) is 5.75 Å². The summed E-state index contributed by atoms with van der Waals surface area (Å²) in [5.74, 6) is -0.501. The standard InChI is InChI=1S/C10H7N3O4S2/c14-8-2-1-7(13(16)17)3-6(8)4-11-12-9(15)5-19-10(12)18/h1-4,14H,5H2/p-1/b11-4-. The van der Waals surface area contributed by atoms with E-state index in [2.05, 4.69) is 5.10 Å². The van der Waals surface area contributed by atoms with Crippen molar-refractivity contribution in [2.45, 2.75) is 0 Å². The molecule has 0 N–H and O–H groups in total. The van der Waals surface area contributed by atoms with Crippen molar-refractivity contribution < 1.29 is 14.8 Å². The first-order valence-electron chi connectivity index (χ1n) is 4.98. The number of carbonyl (C=O) groups is 1. The van der Waals surface area contributed by atoms with Gasteiger partial charge in [-0.2, -0.15) is 10.1 Å². The van der Waals surface area contributed by atoms with E-state index < -0.39 is 10.7 Å². The maximum absolute atomic E-state index is 11.5. The molecule has 9 heteroatoms. The van der Waals surface area contributed by atoms with Crippen LogP contribution in [0.4, 0.5) is 5.69 Å². The second kappa shape index (κ2) is 5.33. The Morgan fingerprint density at radius 1 is 1.53 bits per heavy atom. The van der Waals surface area contributed by atoms with E-state index >= 15 is 0 Å². The van der Waals surface area contributed by atoms with Crippen LogP contribution >= 0.6 is 24.0 Å². The highest BCUT2D eigenvalue weighted by atomic mass is 32.2. The molecular weight excluding hydrogens is 290 g/mol. The summed E-state index contributed by atoms with van der Waals surface area (Å²) < 4.78 is 0.291. The van der Waals surface area contributed by atoms with Crippen molar-refractivity contribution in [2.75, 3.05) is 5.75 Å². The van der Waals surface area contributed by atoms with Crippen LogP contribution in [-0.2, 0) is 4.79 Å². The van der Waals surface area contributed by atoms with Crippen LogP contribution in [0.3, 0.4) is 0 Å². The lowest BCUT2D eigenvalue weighted by atomic mass is 10.2. The van der Waals surface area contributed by atoms with Crippen molar-refractivity contribution in [2.24, 2.45) is 5.10 Å². The molecule has 0 aliphatic carbocycles. The lowest BCUT2D eigenvalue weighted by molar-refractivity contribution is -0.385. The zero-order chi connectivity index (χ0) is 14.0. The van der Waals surface area contributed by atoms with Crippen molar-refractivity contribution in [3.63, 3.8) is 0 Å². The van der Waals surface area contributed by atoms with E-state index in [9.17, 15) is 20.0 Å². The van der Waals surface area contributed by atoms with Crippen LogP contribution in [0.25, 0.3) is 0 Å². The minimum absolute atomic E-state index is 0.0294. The summed E-state index contributed by atoms with van der Waals surface area (Å²) in [6.07, 6.45) is 1.10. The number of hydrogen-bond donors (Lipinski definition) is 0. The van der Waals surface area contributed by atoms with E-state index in [0.29, 0.717) is 4.32 Å². The van der Waals surface area contributed by atoms with Gasteiger partial charge in [-0.15, -0.1) is 0 Å². The molecule has 0 unspecified atom stereocenters. The van der Waals surface area contributed by atoms with Gasteiger partial charge in [0.2, 0.25) is 0 Å². The molecule has 0 saturated carbocycles. The molecule has 98 valence electrons. The van der Waals surface area contributed by atoms with E-state index in [4.69, 9.17) is 12.2 Å². The topological polar surface area (TPSA) is 98.9 Å². The quantitative estimate of drug-likeness (QED) is 0.355. The Morgan fingerprint density at radius 3 is 2.84 bits per heavy atom. The number of nitro benzene ring substituents is 1. The summed E-state index contributed by atoms with van der Waals surface area (Å²) in [4.78, 5) is 21.4. The Labute approximate surface area is 117 Å². The smallest absolute Gasteiger partial charge is 0.270 e. The Morgan fingerprint density at radius 2 is 2.26 bits per heavy atom. The fraction of sp³-hybridized carbons (Fsp3) is 0.100. The molecule has 1 aliphatic rings. The summed E-state index contributed by atoms with van der Waals surface area (Å²) in [6, 6.07) is 3.29. The summed E-state index contributed by atoms with van der Waals surface area (Å²) in [6.45, 7) is 0. The predicted octanol–water partition coefficient (Wildman–Crippen LogP) is 0.863. The van der Waals surface area contributed by atoms with Crippen molar-refractivity contribution >= 4 is 46.1 Å². The van der Waals surface area contributed by atoms with Crippen molar-refractivity contribution in [1.82, 2.24) is 5.01 Å². The van der Waals surface area contributed by atoms with Gasteiger partial charge >= 0.3 is 0 Å². The van der Waals surface area contributed by atoms with Crippen LogP contribution in [-0.4, -0.2) is 32.1 Å². The van der Waals surface area contributed by atoms with Crippen LogP contribution in [0, 0.1) is 10.1 Å². The number of hydrazone groups is 1. The first kappa shape index (κ1) is 13.4. The number of hydrogen-bond acceptors (Lipinski definition) is 7. The molecule has 0 spiro atoms. The van der Waals surface area contributed by atoms with Crippen LogP contribution < -0.4 is 5.11 Å². The van der Waals surface area contributed by atoms with Gasteiger partial charge in [0.05, 0.1) is 16.9 Å². The van der Waals surface area contributed by atoms with E-state index in [1.54, 1.807) is 0 Å². The third kappa shape index (κ3) is 2.88. The van der Waals surface area contributed by atoms with Gasteiger partial charge < -0.3 is 5.11 Å². The molecule has 1 heterocycles. The van der Waals surface area contributed by atoms with Crippen LogP contribution in [0.1, 0.15) is 5.56 Å². The van der Waals surface area contributed by atoms with Gasteiger partial charge in [-0.3, -0.25) is 14.9 Å². The van der Waals surface area contributed by atoms with Gasteiger partial charge in [0.15, 0.2) is 4.32 Å². The summed E-state index contributed by atoms with van der Waals surface area (Å²) >= 11 is 6.07. The van der Waals surface area contributed by atoms with Gasteiger partial charge in [-0.05, 0) is 5.56 Å². The monoisotopic (exact) mass is 296 g/mol. The average molecular weight is 296 g/mol. The molecule has 1 aliphatic heterocycles. The normalized spacial score (nSPS) is 15.5. The molecule has 0 radical (unpaired) electrons. The van der Waals surface area contributed by atoms with Gasteiger partial charge in [0, 0.05) is 12.1 Å². The highest BCUT2D eigenvalue weighted by Gasteiger charge is 2.25. The number of amides is 1. The molecule has 7 nitrogen and oxygen atoms in total. The number of non-ortho nitro benzene ring substituents is 1. The third-order valence-corrected chi connectivity index (χ3v) is 3.58. The summed E-state index contributed by atoms with van der Waals surface area (Å²) in [5.41, 5.74) is -0.188. The molecule has 1 saturated heterocycles. The number of carbonyl (C=O) groups excluding carboxylic acids is 1. The highest BCUT2D eigenvalue weighted by molar-refractivity contribution is 8.23. The minimum Gasteiger partial charge on any atom is -0.872 e. The first-order chi connectivity index (χ1) is 8.99. The maximum Gasteiger partial charge on any atom is 0.270 e. The van der Waals surface area contributed by atoms with E-state index in [1.165, 1.54) is 11.8 Å². The number of thioether (sulfide) groups is 1. The summed E-state index contributed by atoms with van der Waals surface area (Å²) in [7, 11) is 0. The number of nitrogens with zero attached hydrogens (tertiary/aromatic N) is 3. The summed E-state index contributed by atoms with van der Waals surface area (Å²) in [5, 5.41) is 26.9. The Balaban J connectivity index is 2.27. The molecule has 1 aromatic carbocycles. The Bertz CT molecular complexity index is 586. The minimum atomic E-state index is -0.613. The number of nitro groups is 1. The molecule has 1 aromatic rings. The van der Waals surface area contributed by atoms with Crippen LogP contribution in [0.15, 0.2) is 23.3 Å². The Kier molecular flexibility index (Phi) is 3.76. The first-order valence-corrected chi connectivity index (χ1v) is 6.37. The lowest BCUT2D eigenvalue weighted by Gasteiger charge is -2.10. The second-order valence-electron chi connectivity index (χ2n) is 3.48. The SMILES string of the molecule is O=C1CSC(=S)N1/N=C\c1cc([N+](=O)[O-])ccc1[O-]. The van der Waals surface area contributed by atoms with Gasteiger partial charge in [-0.25, -0.2) is 0 Å².